The summed E-state index contributed by atoms with van der Waals surface area (Å²) in [5.41, 5.74) is 0. The van der Waals surface area contributed by atoms with Gasteiger partial charge in [0.05, 0.1) is 25.4 Å². The molecular weight excluding hydrogens is 947 g/mol. The molecule has 2 unspecified atom stereocenters. The van der Waals surface area contributed by atoms with Gasteiger partial charge in [-0.1, -0.05) is 346 Å². The van der Waals surface area contributed by atoms with Crippen molar-refractivity contribution in [3.05, 3.63) is 24.3 Å². The van der Waals surface area contributed by atoms with Crippen molar-refractivity contribution >= 4 is 11.9 Å². The van der Waals surface area contributed by atoms with Gasteiger partial charge < -0.3 is 20.3 Å². The van der Waals surface area contributed by atoms with Crippen LogP contribution < -0.4 is 5.32 Å². The van der Waals surface area contributed by atoms with Crippen LogP contribution in [0.2, 0.25) is 0 Å². The number of ether oxygens (including phenoxy) is 1. The fourth-order valence-electron chi connectivity index (χ4n) is 11.1. The molecule has 6 heteroatoms. The van der Waals surface area contributed by atoms with Crippen LogP contribution in [0, 0.1) is 0 Å². The summed E-state index contributed by atoms with van der Waals surface area (Å²) in [6, 6.07) is -0.539. The fraction of sp³-hybridized carbons (Fsp3) is 0.915. The Bertz CT molecular complexity index is 1200. The number of hydrogen-bond acceptors (Lipinski definition) is 5. The van der Waals surface area contributed by atoms with Crippen molar-refractivity contribution in [3.8, 4) is 0 Å². The van der Waals surface area contributed by atoms with Gasteiger partial charge in [-0.15, -0.1) is 0 Å². The van der Waals surface area contributed by atoms with E-state index in [0.29, 0.717) is 25.9 Å². The van der Waals surface area contributed by atoms with Crippen LogP contribution in [-0.2, 0) is 14.3 Å². The Balaban J connectivity index is 3.34. The van der Waals surface area contributed by atoms with Crippen molar-refractivity contribution in [3.63, 3.8) is 0 Å². The monoisotopic (exact) mass is 1080 g/mol. The maximum Gasteiger partial charge on any atom is 0.305 e. The third-order valence-corrected chi connectivity index (χ3v) is 16.5. The number of carbonyl (C=O) groups is 2. The molecular formula is C71H137NO5. The number of carbonyl (C=O) groups excluding carboxylic acids is 2. The molecule has 0 saturated carbocycles. The van der Waals surface area contributed by atoms with Crippen LogP contribution in [0.5, 0.6) is 0 Å². The molecule has 3 N–H and O–H groups in total. The number of esters is 1. The zero-order valence-electron chi connectivity index (χ0n) is 52.2. The van der Waals surface area contributed by atoms with Gasteiger partial charge in [0.1, 0.15) is 0 Å². The van der Waals surface area contributed by atoms with Crippen LogP contribution in [0.25, 0.3) is 0 Å². The van der Waals surface area contributed by atoms with E-state index in [9.17, 15) is 19.8 Å². The molecule has 0 aromatic rings. The molecule has 0 aliphatic carbocycles. The van der Waals surface area contributed by atoms with Crippen LogP contribution in [0.15, 0.2) is 24.3 Å². The Morgan fingerprint density at radius 1 is 0.364 bits per heavy atom. The lowest BCUT2D eigenvalue weighted by molar-refractivity contribution is -0.143. The first-order chi connectivity index (χ1) is 38.0. The second-order valence-corrected chi connectivity index (χ2v) is 24.2. The predicted octanol–water partition coefficient (Wildman–Crippen LogP) is 22.5. The third kappa shape index (κ3) is 63.4. The maximum atomic E-state index is 12.5. The lowest BCUT2D eigenvalue weighted by atomic mass is 10.0. The number of rotatable bonds is 66. The van der Waals surface area contributed by atoms with E-state index in [1.165, 1.54) is 308 Å². The molecule has 456 valence electrons. The van der Waals surface area contributed by atoms with Crippen molar-refractivity contribution in [1.82, 2.24) is 5.32 Å². The highest BCUT2D eigenvalue weighted by Gasteiger charge is 2.20. The topological polar surface area (TPSA) is 95.9 Å². The smallest absolute Gasteiger partial charge is 0.305 e. The molecule has 0 bridgehead atoms. The largest absolute Gasteiger partial charge is 0.466 e. The number of aliphatic hydroxyl groups excluding tert-OH is 2. The van der Waals surface area contributed by atoms with E-state index >= 15 is 0 Å². The third-order valence-electron chi connectivity index (χ3n) is 16.5. The Kier molecular flexibility index (Phi) is 65.4. The highest BCUT2D eigenvalue weighted by atomic mass is 16.5. The quantitative estimate of drug-likeness (QED) is 0.0320. The van der Waals surface area contributed by atoms with Crippen molar-refractivity contribution < 1.29 is 24.5 Å². The van der Waals surface area contributed by atoms with Crippen molar-refractivity contribution in [2.24, 2.45) is 0 Å². The van der Waals surface area contributed by atoms with Crippen LogP contribution in [0.1, 0.15) is 393 Å². The summed E-state index contributed by atoms with van der Waals surface area (Å²) >= 11 is 0. The molecule has 0 aliphatic rings. The number of amides is 1. The molecule has 0 aromatic heterocycles. The number of nitrogens with one attached hydrogen (secondary N) is 1. The average molecular weight is 1080 g/mol. The molecule has 0 aromatic carbocycles. The molecule has 2 atom stereocenters. The van der Waals surface area contributed by atoms with E-state index in [4.69, 9.17) is 4.74 Å². The van der Waals surface area contributed by atoms with Crippen LogP contribution in [-0.4, -0.2) is 47.4 Å². The molecule has 77 heavy (non-hydrogen) atoms. The molecule has 1 amide bonds. The van der Waals surface area contributed by atoms with E-state index in [2.05, 4.69) is 43.5 Å². The number of unbranched alkanes of at least 4 members (excludes halogenated alkanes) is 51. The Hall–Kier alpha value is -1.66. The van der Waals surface area contributed by atoms with Gasteiger partial charge in [-0.25, -0.2) is 0 Å². The summed E-state index contributed by atoms with van der Waals surface area (Å²) in [5, 5.41) is 23.4. The standard InChI is InChI=1S/C71H137NO5/c1-3-5-7-9-11-13-15-17-19-32-37-41-45-49-53-57-61-65-71(76)77-66-62-58-54-50-46-42-38-34-31-29-27-25-23-21-22-24-26-28-30-33-36-40-44-48-52-56-60-64-70(75)72-68(67-73)69(74)63-59-55-51-47-43-39-35-20-18-16-14-12-10-8-6-4-2/h11,13,17,19,68-69,73-74H,3-10,12,14-16,18,20-67H2,1-2H3,(H,72,75)/b13-11-,19-17-. The molecule has 0 saturated heterocycles. The zero-order valence-corrected chi connectivity index (χ0v) is 52.2. The molecule has 0 aliphatic heterocycles. The zero-order chi connectivity index (χ0) is 55.7. The minimum atomic E-state index is -0.662. The first-order valence-electron chi connectivity index (χ1n) is 35.1. The Morgan fingerprint density at radius 3 is 1.01 bits per heavy atom. The van der Waals surface area contributed by atoms with Gasteiger partial charge in [0, 0.05) is 12.8 Å². The van der Waals surface area contributed by atoms with E-state index in [0.717, 1.165) is 51.4 Å². The molecule has 0 heterocycles. The van der Waals surface area contributed by atoms with E-state index in [1.54, 1.807) is 0 Å². The molecule has 6 nitrogen and oxygen atoms in total. The van der Waals surface area contributed by atoms with Crippen molar-refractivity contribution in [2.45, 2.75) is 405 Å². The van der Waals surface area contributed by atoms with Crippen molar-refractivity contribution in [1.29, 1.82) is 0 Å². The molecule has 0 rings (SSSR count). The minimum absolute atomic E-state index is 0.0110. The van der Waals surface area contributed by atoms with Gasteiger partial charge in [0.15, 0.2) is 0 Å². The van der Waals surface area contributed by atoms with Gasteiger partial charge >= 0.3 is 5.97 Å². The molecule has 0 fully saturated rings. The number of aliphatic hydroxyl groups is 2. The Morgan fingerprint density at radius 2 is 0.649 bits per heavy atom. The summed E-state index contributed by atoms with van der Waals surface area (Å²) in [5.74, 6) is -0.0180. The molecule has 0 radical (unpaired) electrons. The van der Waals surface area contributed by atoms with E-state index < -0.39 is 12.1 Å². The Labute approximate surface area is 481 Å². The van der Waals surface area contributed by atoms with Gasteiger partial charge in [0.2, 0.25) is 5.91 Å². The first kappa shape index (κ1) is 75.3. The first-order valence-corrected chi connectivity index (χ1v) is 35.1. The molecule has 0 spiro atoms. The van der Waals surface area contributed by atoms with Gasteiger partial charge in [-0.3, -0.25) is 9.59 Å². The van der Waals surface area contributed by atoms with Gasteiger partial charge in [0.25, 0.3) is 0 Å². The summed E-state index contributed by atoms with van der Waals surface area (Å²) in [7, 11) is 0. The summed E-state index contributed by atoms with van der Waals surface area (Å²) < 4.78 is 5.50. The van der Waals surface area contributed by atoms with Gasteiger partial charge in [-0.05, 0) is 57.8 Å². The number of hydrogen-bond donors (Lipinski definition) is 3. The second-order valence-electron chi connectivity index (χ2n) is 24.2. The fourth-order valence-corrected chi connectivity index (χ4v) is 11.1. The second kappa shape index (κ2) is 66.8. The van der Waals surface area contributed by atoms with Crippen LogP contribution >= 0.6 is 0 Å². The van der Waals surface area contributed by atoms with Crippen LogP contribution in [0.4, 0.5) is 0 Å². The van der Waals surface area contributed by atoms with E-state index in [-0.39, 0.29) is 18.5 Å². The van der Waals surface area contributed by atoms with Gasteiger partial charge in [-0.2, -0.15) is 0 Å². The average Bonchev–Trinajstić information content (AvgIpc) is 3.43. The van der Waals surface area contributed by atoms with E-state index in [1.807, 2.05) is 0 Å². The lowest BCUT2D eigenvalue weighted by Crippen LogP contribution is -2.45. The normalized spacial score (nSPS) is 12.6. The number of allylic oxidation sites excluding steroid dienone is 4. The highest BCUT2D eigenvalue weighted by Crippen LogP contribution is 2.19. The summed E-state index contributed by atoms with van der Waals surface area (Å²) in [6.07, 6.45) is 83.6. The summed E-state index contributed by atoms with van der Waals surface area (Å²) in [6.45, 7) is 4.96. The van der Waals surface area contributed by atoms with Crippen molar-refractivity contribution in [2.75, 3.05) is 13.2 Å². The predicted molar refractivity (Wildman–Crippen MR) is 338 cm³/mol. The SMILES string of the molecule is CCCCC/C=C\C/C=C\CCCCCCCCCC(=O)OCCCCCCCCCCCCCCCCCCCCCCCCCCCCCC(=O)NC(CO)C(O)CCCCCCCCCCCCCCCCCC. The summed E-state index contributed by atoms with van der Waals surface area (Å²) in [4.78, 5) is 24.6. The maximum absolute atomic E-state index is 12.5. The highest BCUT2D eigenvalue weighted by molar-refractivity contribution is 5.76. The minimum Gasteiger partial charge on any atom is -0.466 e. The lowest BCUT2D eigenvalue weighted by Gasteiger charge is -2.22. The van der Waals surface area contributed by atoms with Crippen LogP contribution in [0.3, 0.4) is 0 Å².